The molecule has 0 aliphatic rings. The highest BCUT2D eigenvalue weighted by atomic mass is 16.6. The van der Waals surface area contributed by atoms with Crippen LogP contribution in [0.1, 0.15) is 11.6 Å². The lowest BCUT2D eigenvalue weighted by Gasteiger charge is -2.05. The van der Waals surface area contributed by atoms with Crippen LogP contribution in [0.5, 0.6) is 0 Å². The van der Waals surface area contributed by atoms with Crippen molar-refractivity contribution >= 4 is 5.69 Å². The zero-order valence-corrected chi connectivity index (χ0v) is 7.70. The molecule has 1 unspecified atom stereocenters. The quantitative estimate of drug-likeness (QED) is 0.586. The molecule has 2 N–H and O–H groups in total. The second kappa shape index (κ2) is 4.47. The summed E-state index contributed by atoms with van der Waals surface area (Å²) in [5.74, 6) is 0. The van der Waals surface area contributed by atoms with Crippen molar-refractivity contribution < 1.29 is 9.85 Å². The summed E-state index contributed by atoms with van der Waals surface area (Å²) < 4.78 is 0. The first-order chi connectivity index (χ1) is 7.00. The van der Waals surface area contributed by atoms with Crippen LogP contribution in [0.25, 0.3) is 0 Å². The monoisotopic (exact) mass is 211 g/mol. The van der Waals surface area contributed by atoms with Gasteiger partial charge in [0.05, 0.1) is 11.0 Å². The molecule has 0 fully saturated rings. The first-order valence-corrected chi connectivity index (χ1v) is 4.12. The summed E-state index contributed by atoms with van der Waals surface area (Å²) in [6, 6.07) is 4.66. The van der Waals surface area contributed by atoms with Gasteiger partial charge in [-0.15, -0.1) is 0 Å². The fourth-order valence-corrected chi connectivity index (χ4v) is 1.11. The molecule has 1 atom stereocenters. The summed E-state index contributed by atoms with van der Waals surface area (Å²) >= 11 is 0. The van der Waals surface area contributed by atoms with Crippen LogP contribution in [0.4, 0.5) is 5.69 Å². The molecule has 7 nitrogen and oxygen atoms in total. The van der Waals surface area contributed by atoms with Gasteiger partial charge in [-0.3, -0.25) is 20.2 Å². The molecule has 0 aliphatic heterocycles. The number of hydrogen-bond acceptors (Lipinski definition) is 5. The number of nitro groups is 2. The Balaban J connectivity index is 2.79. The predicted molar refractivity (Wildman–Crippen MR) is 51.9 cm³/mol. The Kier molecular flexibility index (Phi) is 3.29. The lowest BCUT2D eigenvalue weighted by Crippen LogP contribution is -2.20. The van der Waals surface area contributed by atoms with E-state index in [9.17, 15) is 20.2 Å². The molecule has 1 aromatic rings. The maximum Gasteiger partial charge on any atom is 0.269 e. The molecule has 0 saturated heterocycles. The van der Waals surface area contributed by atoms with E-state index in [4.69, 9.17) is 5.73 Å². The van der Waals surface area contributed by atoms with Crippen LogP contribution in [-0.2, 0) is 0 Å². The predicted octanol–water partition coefficient (Wildman–Crippen LogP) is 0.871. The molecule has 1 aromatic carbocycles. The van der Waals surface area contributed by atoms with E-state index >= 15 is 0 Å². The van der Waals surface area contributed by atoms with Gasteiger partial charge in [-0.1, -0.05) is 12.1 Å². The largest absolute Gasteiger partial charge is 0.319 e. The van der Waals surface area contributed by atoms with Crippen LogP contribution in [-0.4, -0.2) is 16.4 Å². The Hall–Kier alpha value is -2.02. The second-order valence-corrected chi connectivity index (χ2v) is 2.97. The van der Waals surface area contributed by atoms with Gasteiger partial charge < -0.3 is 5.73 Å². The zero-order chi connectivity index (χ0) is 11.4. The van der Waals surface area contributed by atoms with E-state index in [1.807, 2.05) is 0 Å². The average molecular weight is 211 g/mol. The molecule has 0 amide bonds. The second-order valence-electron chi connectivity index (χ2n) is 2.97. The number of nitrogens with zero attached hydrogens (tertiary/aromatic N) is 2. The standard InChI is InChI=1S/C8H9N3O4/c9-8(5-10(12)13)6-1-3-7(4-2-6)11(14)15/h1-4,8H,5,9H2. The Bertz CT molecular complexity index is 376. The normalized spacial score (nSPS) is 12.1. The van der Waals surface area contributed by atoms with E-state index in [0.29, 0.717) is 5.56 Å². The minimum Gasteiger partial charge on any atom is -0.319 e. The fraction of sp³-hybridized carbons (Fsp3) is 0.250. The molecule has 1 rings (SSSR count). The van der Waals surface area contributed by atoms with Crippen LogP contribution in [0.15, 0.2) is 24.3 Å². The highest BCUT2D eigenvalue weighted by Gasteiger charge is 2.13. The molecule has 0 heterocycles. The van der Waals surface area contributed by atoms with Gasteiger partial charge in [0, 0.05) is 17.1 Å². The van der Waals surface area contributed by atoms with Crippen LogP contribution in [0, 0.1) is 20.2 Å². The summed E-state index contributed by atoms with van der Waals surface area (Å²) in [5, 5.41) is 20.5. The topological polar surface area (TPSA) is 112 Å². The van der Waals surface area contributed by atoms with Crippen LogP contribution < -0.4 is 5.73 Å². The van der Waals surface area contributed by atoms with E-state index in [1.54, 1.807) is 0 Å². The molecule has 0 bridgehead atoms. The first kappa shape index (κ1) is 11.1. The minimum atomic E-state index is -0.735. The highest BCUT2D eigenvalue weighted by molar-refractivity contribution is 5.34. The number of hydrogen-bond donors (Lipinski definition) is 1. The molecule has 80 valence electrons. The zero-order valence-electron chi connectivity index (χ0n) is 7.70. The van der Waals surface area contributed by atoms with E-state index in [2.05, 4.69) is 0 Å². The number of rotatable bonds is 4. The van der Waals surface area contributed by atoms with Crippen molar-refractivity contribution in [1.82, 2.24) is 0 Å². The van der Waals surface area contributed by atoms with Crippen molar-refractivity contribution in [2.45, 2.75) is 6.04 Å². The molecule has 0 spiro atoms. The van der Waals surface area contributed by atoms with E-state index in [0.717, 1.165) is 0 Å². The molecule has 0 aromatic heterocycles. The first-order valence-electron chi connectivity index (χ1n) is 4.12. The molecular weight excluding hydrogens is 202 g/mol. The van der Waals surface area contributed by atoms with Crippen molar-refractivity contribution in [3.63, 3.8) is 0 Å². The van der Waals surface area contributed by atoms with Crippen LogP contribution in [0.2, 0.25) is 0 Å². The molecule has 0 aliphatic carbocycles. The van der Waals surface area contributed by atoms with Crippen LogP contribution in [0.3, 0.4) is 0 Å². The summed E-state index contributed by atoms with van der Waals surface area (Å²) in [5.41, 5.74) is 5.96. The lowest BCUT2D eigenvalue weighted by atomic mass is 10.1. The number of nitro benzene ring substituents is 1. The number of nitrogens with two attached hydrogens (primary N) is 1. The SMILES string of the molecule is NC(C[N+](=O)[O-])c1ccc([N+](=O)[O-])cc1. The van der Waals surface area contributed by atoms with E-state index < -0.39 is 22.4 Å². The lowest BCUT2D eigenvalue weighted by molar-refractivity contribution is -0.483. The Morgan fingerprint density at radius 3 is 2.13 bits per heavy atom. The number of benzene rings is 1. The van der Waals surface area contributed by atoms with Crippen molar-refractivity contribution in [2.75, 3.05) is 6.54 Å². The average Bonchev–Trinajstić information content (AvgIpc) is 2.17. The third-order valence-corrected chi connectivity index (χ3v) is 1.88. The van der Waals surface area contributed by atoms with Gasteiger partial charge in [-0.05, 0) is 5.56 Å². The van der Waals surface area contributed by atoms with Gasteiger partial charge in [0.15, 0.2) is 0 Å². The summed E-state index contributed by atoms with van der Waals surface area (Å²) in [6.45, 7) is -0.391. The molecule has 0 radical (unpaired) electrons. The fourth-order valence-electron chi connectivity index (χ4n) is 1.11. The number of non-ortho nitro benzene ring substituents is 1. The van der Waals surface area contributed by atoms with Crippen molar-refractivity contribution in [3.8, 4) is 0 Å². The molecule has 0 saturated carbocycles. The Morgan fingerprint density at radius 2 is 1.73 bits per heavy atom. The van der Waals surface area contributed by atoms with Crippen molar-refractivity contribution in [2.24, 2.45) is 5.73 Å². The van der Waals surface area contributed by atoms with E-state index in [1.165, 1.54) is 24.3 Å². The smallest absolute Gasteiger partial charge is 0.269 e. The van der Waals surface area contributed by atoms with Crippen LogP contribution >= 0.6 is 0 Å². The van der Waals surface area contributed by atoms with Gasteiger partial charge >= 0.3 is 0 Å². The maximum atomic E-state index is 10.3. The van der Waals surface area contributed by atoms with E-state index in [-0.39, 0.29) is 5.69 Å². The maximum absolute atomic E-state index is 10.3. The van der Waals surface area contributed by atoms with Gasteiger partial charge in [-0.2, -0.15) is 0 Å². The van der Waals surface area contributed by atoms with Crippen molar-refractivity contribution in [1.29, 1.82) is 0 Å². The third kappa shape index (κ3) is 2.99. The highest BCUT2D eigenvalue weighted by Crippen LogP contribution is 2.16. The molecule has 15 heavy (non-hydrogen) atoms. The van der Waals surface area contributed by atoms with Crippen molar-refractivity contribution in [3.05, 3.63) is 50.1 Å². The molecular formula is C8H9N3O4. The van der Waals surface area contributed by atoms with Gasteiger partial charge in [0.25, 0.3) is 5.69 Å². The summed E-state index contributed by atoms with van der Waals surface area (Å²) in [4.78, 5) is 19.4. The van der Waals surface area contributed by atoms with Gasteiger partial charge in [0.2, 0.25) is 6.54 Å². The minimum absolute atomic E-state index is 0.0629. The Labute approximate surface area is 84.8 Å². The van der Waals surface area contributed by atoms with Gasteiger partial charge in [0.1, 0.15) is 0 Å². The summed E-state index contributed by atoms with van der Waals surface area (Å²) in [7, 11) is 0. The Morgan fingerprint density at radius 1 is 1.20 bits per heavy atom. The molecule has 7 heteroatoms. The summed E-state index contributed by atoms with van der Waals surface area (Å²) in [6.07, 6.45) is 0. The van der Waals surface area contributed by atoms with Gasteiger partial charge in [-0.25, -0.2) is 0 Å². The third-order valence-electron chi connectivity index (χ3n) is 1.88.